The van der Waals surface area contributed by atoms with Crippen molar-refractivity contribution >= 4 is 46.9 Å². The lowest BCUT2D eigenvalue weighted by Crippen LogP contribution is -2.19. The van der Waals surface area contributed by atoms with Gasteiger partial charge in [0.2, 0.25) is 0 Å². The number of nitrogens with zero attached hydrogens (tertiary/aromatic N) is 2. The fraction of sp³-hybridized carbons (Fsp3) is 0.125. The summed E-state index contributed by atoms with van der Waals surface area (Å²) >= 11 is 18.4. The normalized spacial score (nSPS) is 10.7. The molecular formula is C24H17Cl3FN3O3. The Labute approximate surface area is 210 Å². The maximum absolute atomic E-state index is 14.0. The largest absolute Gasteiger partial charge is 0.490 e. The molecular weight excluding hydrogens is 504 g/mol. The van der Waals surface area contributed by atoms with Crippen LogP contribution < -0.4 is 14.9 Å². The Morgan fingerprint density at radius 2 is 1.88 bits per heavy atom. The molecule has 6 nitrogen and oxygen atoms in total. The third kappa shape index (κ3) is 6.39. The van der Waals surface area contributed by atoms with Gasteiger partial charge in [0.05, 0.1) is 45.1 Å². The highest BCUT2D eigenvalue weighted by Crippen LogP contribution is 2.37. The van der Waals surface area contributed by atoms with Gasteiger partial charge in [-0.2, -0.15) is 10.4 Å². The first-order chi connectivity index (χ1) is 16.3. The summed E-state index contributed by atoms with van der Waals surface area (Å²) in [6.07, 6.45) is 1.33. The highest BCUT2D eigenvalue weighted by molar-refractivity contribution is 6.42. The first-order valence-electron chi connectivity index (χ1n) is 9.88. The number of amides is 1. The summed E-state index contributed by atoms with van der Waals surface area (Å²) in [5, 5.41) is 13.8. The molecule has 1 N–H and O–H groups in total. The molecule has 10 heteroatoms. The van der Waals surface area contributed by atoms with Crippen LogP contribution in [-0.4, -0.2) is 18.7 Å². The predicted octanol–water partition coefficient (Wildman–Crippen LogP) is 6.40. The van der Waals surface area contributed by atoms with Crippen LogP contribution in [-0.2, 0) is 6.61 Å². The number of carbonyl (C=O) groups excluding carboxylic acids is 1. The van der Waals surface area contributed by atoms with Crippen molar-refractivity contribution in [2.75, 3.05) is 6.61 Å². The van der Waals surface area contributed by atoms with Crippen molar-refractivity contribution in [1.29, 1.82) is 5.26 Å². The molecule has 34 heavy (non-hydrogen) atoms. The lowest BCUT2D eigenvalue weighted by Gasteiger charge is -2.14. The molecule has 3 aromatic rings. The van der Waals surface area contributed by atoms with E-state index in [0.29, 0.717) is 33.7 Å². The molecule has 0 aliphatic heterocycles. The summed E-state index contributed by atoms with van der Waals surface area (Å²) in [6.45, 7) is 2.34. The van der Waals surface area contributed by atoms with Crippen molar-refractivity contribution in [3.8, 4) is 17.6 Å². The molecule has 0 aliphatic rings. The third-order valence-corrected chi connectivity index (χ3v) is 5.44. The zero-order chi connectivity index (χ0) is 24.7. The van der Waals surface area contributed by atoms with E-state index in [-0.39, 0.29) is 22.8 Å². The molecule has 1 amide bonds. The van der Waals surface area contributed by atoms with E-state index in [9.17, 15) is 9.18 Å². The van der Waals surface area contributed by atoms with Gasteiger partial charge < -0.3 is 9.47 Å². The maximum atomic E-state index is 14.0. The van der Waals surface area contributed by atoms with Gasteiger partial charge in [0.1, 0.15) is 12.4 Å². The first-order valence-corrected chi connectivity index (χ1v) is 11.0. The SMILES string of the molecule is CCOc1cc(/C=N\NC(=O)c2ccc(C#N)cc2F)cc(Cl)c1OCc1ccc(Cl)c(Cl)c1. The van der Waals surface area contributed by atoms with Crippen molar-refractivity contribution in [3.05, 3.63) is 91.7 Å². The second-order valence-electron chi connectivity index (χ2n) is 6.81. The van der Waals surface area contributed by atoms with Crippen LogP contribution in [0.5, 0.6) is 11.5 Å². The molecule has 0 aliphatic carbocycles. The van der Waals surface area contributed by atoms with Gasteiger partial charge in [-0.15, -0.1) is 0 Å². The molecule has 3 rings (SSSR count). The van der Waals surface area contributed by atoms with Crippen LogP contribution in [0.25, 0.3) is 0 Å². The Morgan fingerprint density at radius 1 is 1.09 bits per heavy atom. The number of ether oxygens (including phenoxy) is 2. The Hall–Kier alpha value is -3.31. The summed E-state index contributed by atoms with van der Waals surface area (Å²) < 4.78 is 25.5. The second kappa shape index (κ2) is 11.7. The molecule has 0 radical (unpaired) electrons. The number of halogens is 4. The highest BCUT2D eigenvalue weighted by atomic mass is 35.5. The maximum Gasteiger partial charge on any atom is 0.274 e. The number of rotatable bonds is 8. The van der Waals surface area contributed by atoms with E-state index in [1.54, 1.807) is 36.4 Å². The molecule has 0 bridgehead atoms. The molecule has 0 heterocycles. The molecule has 3 aromatic carbocycles. The number of carbonyl (C=O) groups is 1. The van der Waals surface area contributed by atoms with Crippen LogP contribution in [0.15, 0.2) is 53.6 Å². The Balaban J connectivity index is 1.73. The second-order valence-corrected chi connectivity index (χ2v) is 8.03. The van der Waals surface area contributed by atoms with E-state index in [1.165, 1.54) is 18.3 Å². The zero-order valence-corrected chi connectivity index (χ0v) is 20.0. The van der Waals surface area contributed by atoms with Crippen LogP contribution in [0.1, 0.15) is 34.0 Å². The molecule has 174 valence electrons. The smallest absolute Gasteiger partial charge is 0.274 e. The first kappa shape index (κ1) is 25.3. The van der Waals surface area contributed by atoms with Crippen LogP contribution in [0.4, 0.5) is 4.39 Å². The zero-order valence-electron chi connectivity index (χ0n) is 17.7. The summed E-state index contributed by atoms with van der Waals surface area (Å²) in [4.78, 5) is 12.2. The van der Waals surface area contributed by atoms with Gasteiger partial charge in [-0.3, -0.25) is 4.79 Å². The van der Waals surface area contributed by atoms with Crippen molar-refractivity contribution < 1.29 is 18.7 Å². The van der Waals surface area contributed by atoms with Crippen molar-refractivity contribution in [2.45, 2.75) is 13.5 Å². The van der Waals surface area contributed by atoms with Gasteiger partial charge in [-0.05, 0) is 60.5 Å². The third-order valence-electron chi connectivity index (χ3n) is 4.42. The number of hydrazone groups is 1. The van der Waals surface area contributed by atoms with Gasteiger partial charge in [0, 0.05) is 0 Å². The standard InChI is InChI=1S/C24H17Cl3FN3O3/c1-2-33-22-10-16(12-30-31-24(32)17-5-3-14(11-29)9-21(17)28)8-20(27)23(22)34-13-15-4-6-18(25)19(26)7-15/h3-10,12H,2,13H2,1H3,(H,31,32)/b30-12-. The number of hydrogen-bond donors (Lipinski definition) is 1. The lowest BCUT2D eigenvalue weighted by molar-refractivity contribution is 0.0951. The molecule has 0 atom stereocenters. The lowest BCUT2D eigenvalue weighted by atomic mass is 10.1. The van der Waals surface area contributed by atoms with Gasteiger partial charge in [0.25, 0.3) is 5.91 Å². The molecule has 0 saturated heterocycles. The topological polar surface area (TPSA) is 83.7 Å². The van der Waals surface area contributed by atoms with Crippen LogP contribution >= 0.6 is 34.8 Å². The molecule has 0 saturated carbocycles. The number of hydrogen-bond acceptors (Lipinski definition) is 5. The molecule has 0 fully saturated rings. The van der Waals surface area contributed by atoms with E-state index < -0.39 is 11.7 Å². The quantitative estimate of drug-likeness (QED) is 0.275. The Bertz CT molecular complexity index is 1290. The minimum Gasteiger partial charge on any atom is -0.490 e. The number of benzene rings is 3. The van der Waals surface area contributed by atoms with E-state index >= 15 is 0 Å². The highest BCUT2D eigenvalue weighted by Gasteiger charge is 2.14. The van der Waals surface area contributed by atoms with Gasteiger partial charge in [0.15, 0.2) is 11.5 Å². The molecule has 0 aromatic heterocycles. The summed E-state index contributed by atoms with van der Waals surface area (Å²) in [5.41, 5.74) is 3.40. The Morgan fingerprint density at radius 3 is 2.56 bits per heavy atom. The predicted molar refractivity (Wildman–Crippen MR) is 130 cm³/mol. The summed E-state index contributed by atoms with van der Waals surface area (Å²) in [5.74, 6) is -0.885. The average Bonchev–Trinajstić information content (AvgIpc) is 2.80. The summed E-state index contributed by atoms with van der Waals surface area (Å²) in [7, 11) is 0. The average molecular weight is 521 g/mol. The minimum atomic E-state index is -0.822. The van der Waals surface area contributed by atoms with Gasteiger partial charge >= 0.3 is 0 Å². The fourth-order valence-corrected chi connectivity index (χ4v) is 3.44. The fourth-order valence-electron chi connectivity index (χ4n) is 2.84. The van der Waals surface area contributed by atoms with Crippen LogP contribution in [0, 0.1) is 17.1 Å². The number of nitriles is 1. The van der Waals surface area contributed by atoms with Gasteiger partial charge in [-0.1, -0.05) is 40.9 Å². The minimum absolute atomic E-state index is 0.108. The Kier molecular flexibility index (Phi) is 8.72. The van der Waals surface area contributed by atoms with E-state index in [0.717, 1.165) is 11.6 Å². The van der Waals surface area contributed by atoms with Crippen LogP contribution in [0.2, 0.25) is 15.1 Å². The molecule has 0 unspecified atom stereocenters. The van der Waals surface area contributed by atoms with Crippen molar-refractivity contribution in [3.63, 3.8) is 0 Å². The van der Waals surface area contributed by atoms with Gasteiger partial charge in [-0.25, -0.2) is 9.82 Å². The van der Waals surface area contributed by atoms with Crippen molar-refractivity contribution in [2.24, 2.45) is 5.10 Å². The van der Waals surface area contributed by atoms with E-state index in [1.807, 2.05) is 6.92 Å². The molecule has 0 spiro atoms. The summed E-state index contributed by atoms with van der Waals surface area (Å²) in [6, 6.07) is 13.7. The van der Waals surface area contributed by atoms with Crippen molar-refractivity contribution in [1.82, 2.24) is 5.43 Å². The van der Waals surface area contributed by atoms with E-state index in [4.69, 9.17) is 49.5 Å². The van der Waals surface area contributed by atoms with E-state index in [2.05, 4.69) is 10.5 Å². The van der Waals surface area contributed by atoms with Crippen LogP contribution in [0.3, 0.4) is 0 Å². The monoisotopic (exact) mass is 519 g/mol. The number of nitrogens with one attached hydrogen (secondary N) is 1.